The number of pyridine rings is 1. The molecule has 1 unspecified atom stereocenters. The third kappa shape index (κ3) is 2.70. The Morgan fingerprint density at radius 1 is 1.35 bits per heavy atom. The van der Waals surface area contributed by atoms with E-state index >= 15 is 0 Å². The van der Waals surface area contributed by atoms with Crippen LogP contribution in [0.1, 0.15) is 51.7 Å². The van der Waals surface area contributed by atoms with Crippen LogP contribution in [0.2, 0.25) is 0 Å². The second-order valence-electron chi connectivity index (χ2n) is 5.72. The molecular weight excluding hydrogens is 312 g/mol. The maximum atomic E-state index is 12.4. The smallest absolute Gasteiger partial charge is 0.253 e. The Hall–Kier alpha value is -2.35. The van der Waals surface area contributed by atoms with E-state index in [2.05, 4.69) is 20.8 Å². The highest BCUT2D eigenvalue weighted by Crippen LogP contribution is 2.29. The van der Waals surface area contributed by atoms with Gasteiger partial charge in [0.25, 0.3) is 5.91 Å². The van der Waals surface area contributed by atoms with E-state index in [1.165, 1.54) is 27.9 Å². The van der Waals surface area contributed by atoms with Gasteiger partial charge in [0.1, 0.15) is 5.01 Å². The molecule has 0 saturated carbocycles. The van der Waals surface area contributed by atoms with Crippen LogP contribution in [0.3, 0.4) is 0 Å². The molecule has 118 valence electrons. The van der Waals surface area contributed by atoms with E-state index in [0.717, 1.165) is 17.8 Å². The van der Waals surface area contributed by atoms with E-state index in [-0.39, 0.29) is 11.9 Å². The molecule has 7 nitrogen and oxygen atoms in total. The first-order chi connectivity index (χ1) is 11.2. The number of thiazole rings is 1. The summed E-state index contributed by atoms with van der Waals surface area (Å²) in [4.78, 5) is 18.5. The van der Waals surface area contributed by atoms with Crippen molar-refractivity contribution in [2.45, 2.75) is 38.6 Å². The van der Waals surface area contributed by atoms with E-state index in [9.17, 15) is 4.79 Å². The van der Waals surface area contributed by atoms with Crippen molar-refractivity contribution in [1.29, 1.82) is 0 Å². The summed E-state index contributed by atoms with van der Waals surface area (Å²) in [5.41, 5.74) is 2.35. The lowest BCUT2D eigenvalue weighted by molar-refractivity contribution is 0.0939. The quantitative estimate of drug-likeness (QED) is 0.794. The second kappa shape index (κ2) is 5.69. The van der Waals surface area contributed by atoms with Crippen LogP contribution in [0.4, 0.5) is 0 Å². The summed E-state index contributed by atoms with van der Waals surface area (Å²) in [6, 6.07) is 3.34. The fraction of sp³-hybridized carbons (Fsp3) is 0.400. The van der Waals surface area contributed by atoms with Gasteiger partial charge in [0.2, 0.25) is 0 Å². The van der Waals surface area contributed by atoms with Gasteiger partial charge in [0.05, 0.1) is 17.3 Å². The normalized spacial score (nSPS) is 15.3. The summed E-state index contributed by atoms with van der Waals surface area (Å²) >= 11 is 1.72. The Labute approximate surface area is 136 Å². The first-order valence-corrected chi connectivity index (χ1v) is 8.49. The summed E-state index contributed by atoms with van der Waals surface area (Å²) < 4.78 is 1.49. The standard InChI is InChI=1S/C15H16N6OS/c1-9(15-17-11-4-2-3-5-12(11)23-15)16-14(22)10-6-7-13-18-19-20-21(13)8-10/h6-9H,2-5H2,1H3,(H,16,22). The molecule has 0 bridgehead atoms. The van der Waals surface area contributed by atoms with Crippen LogP contribution in [0, 0.1) is 0 Å². The number of aromatic nitrogens is 5. The van der Waals surface area contributed by atoms with Gasteiger partial charge in [-0.2, -0.15) is 4.52 Å². The molecule has 3 heterocycles. The van der Waals surface area contributed by atoms with Crippen molar-refractivity contribution >= 4 is 22.9 Å². The molecule has 1 N–H and O–H groups in total. The summed E-state index contributed by atoms with van der Waals surface area (Å²) in [5, 5.41) is 15.2. The maximum Gasteiger partial charge on any atom is 0.253 e. The summed E-state index contributed by atoms with van der Waals surface area (Å²) in [5.74, 6) is -0.150. The van der Waals surface area contributed by atoms with Crippen LogP contribution in [-0.2, 0) is 12.8 Å². The number of amides is 1. The topological polar surface area (TPSA) is 85.1 Å². The van der Waals surface area contributed by atoms with Gasteiger partial charge in [0.15, 0.2) is 5.65 Å². The van der Waals surface area contributed by atoms with Crippen LogP contribution in [-0.4, -0.2) is 30.9 Å². The van der Waals surface area contributed by atoms with Gasteiger partial charge in [-0.05, 0) is 55.2 Å². The lowest BCUT2D eigenvalue weighted by Gasteiger charge is -2.11. The number of nitrogens with zero attached hydrogens (tertiary/aromatic N) is 5. The lowest BCUT2D eigenvalue weighted by atomic mass is 10.0. The molecule has 8 heteroatoms. The van der Waals surface area contributed by atoms with Crippen molar-refractivity contribution in [2.24, 2.45) is 0 Å². The van der Waals surface area contributed by atoms with Crippen molar-refractivity contribution in [3.8, 4) is 0 Å². The summed E-state index contributed by atoms with van der Waals surface area (Å²) in [7, 11) is 0. The minimum Gasteiger partial charge on any atom is -0.343 e. The molecular formula is C15H16N6OS. The first-order valence-electron chi connectivity index (χ1n) is 7.68. The highest BCUT2D eigenvalue weighted by atomic mass is 32.1. The van der Waals surface area contributed by atoms with E-state index < -0.39 is 0 Å². The average molecular weight is 328 g/mol. The predicted octanol–water partition coefficient (Wildman–Crippen LogP) is 1.95. The lowest BCUT2D eigenvalue weighted by Crippen LogP contribution is -2.26. The summed E-state index contributed by atoms with van der Waals surface area (Å²) in [6.07, 6.45) is 6.25. The minimum atomic E-state index is -0.150. The molecule has 0 saturated heterocycles. The Kier molecular flexibility index (Phi) is 3.53. The number of tetrazole rings is 1. The predicted molar refractivity (Wildman–Crippen MR) is 85.4 cm³/mol. The number of aryl methyl sites for hydroxylation is 2. The third-order valence-electron chi connectivity index (χ3n) is 4.03. The first kappa shape index (κ1) is 14.3. The fourth-order valence-electron chi connectivity index (χ4n) is 2.77. The largest absolute Gasteiger partial charge is 0.343 e. The van der Waals surface area contributed by atoms with Gasteiger partial charge in [-0.1, -0.05) is 0 Å². The molecule has 3 aromatic heterocycles. The molecule has 0 aromatic carbocycles. The Balaban J connectivity index is 1.52. The molecule has 1 aliphatic carbocycles. The molecule has 1 aliphatic rings. The Morgan fingerprint density at radius 3 is 3.09 bits per heavy atom. The van der Waals surface area contributed by atoms with Gasteiger partial charge in [-0.15, -0.1) is 16.4 Å². The van der Waals surface area contributed by atoms with Gasteiger partial charge in [-0.25, -0.2) is 4.98 Å². The summed E-state index contributed by atoms with van der Waals surface area (Å²) in [6.45, 7) is 1.97. The zero-order chi connectivity index (χ0) is 15.8. The van der Waals surface area contributed by atoms with E-state index in [0.29, 0.717) is 11.2 Å². The van der Waals surface area contributed by atoms with Crippen LogP contribution in [0.15, 0.2) is 18.3 Å². The number of hydrogen-bond acceptors (Lipinski definition) is 6. The maximum absolute atomic E-state index is 12.4. The number of rotatable bonds is 3. The van der Waals surface area contributed by atoms with Crippen molar-refractivity contribution in [3.63, 3.8) is 0 Å². The fourth-order valence-corrected chi connectivity index (χ4v) is 3.93. The van der Waals surface area contributed by atoms with Crippen molar-refractivity contribution in [3.05, 3.63) is 39.5 Å². The molecule has 4 rings (SSSR count). The molecule has 1 atom stereocenters. The zero-order valence-electron chi connectivity index (χ0n) is 12.7. The molecule has 0 fully saturated rings. The van der Waals surface area contributed by atoms with E-state index in [1.807, 2.05) is 6.92 Å². The third-order valence-corrected chi connectivity index (χ3v) is 5.37. The van der Waals surface area contributed by atoms with Gasteiger partial charge >= 0.3 is 0 Å². The van der Waals surface area contributed by atoms with E-state index in [1.54, 1.807) is 29.7 Å². The Bertz CT molecular complexity index is 846. The molecule has 0 aliphatic heterocycles. The highest BCUT2D eigenvalue weighted by molar-refractivity contribution is 7.11. The van der Waals surface area contributed by atoms with Gasteiger partial charge in [0, 0.05) is 11.1 Å². The average Bonchev–Trinajstić information content (AvgIpc) is 3.20. The van der Waals surface area contributed by atoms with Crippen molar-refractivity contribution < 1.29 is 4.79 Å². The second-order valence-corrected chi connectivity index (χ2v) is 6.84. The molecule has 0 radical (unpaired) electrons. The number of fused-ring (bicyclic) bond motifs is 2. The Morgan fingerprint density at radius 2 is 2.22 bits per heavy atom. The zero-order valence-corrected chi connectivity index (χ0v) is 13.5. The van der Waals surface area contributed by atoms with Crippen LogP contribution >= 0.6 is 11.3 Å². The molecule has 3 aromatic rings. The van der Waals surface area contributed by atoms with Crippen molar-refractivity contribution in [2.75, 3.05) is 0 Å². The number of carbonyl (C=O) groups excluding carboxylic acids is 1. The molecule has 23 heavy (non-hydrogen) atoms. The number of hydrogen-bond donors (Lipinski definition) is 1. The van der Waals surface area contributed by atoms with Crippen LogP contribution in [0.25, 0.3) is 5.65 Å². The van der Waals surface area contributed by atoms with E-state index in [4.69, 9.17) is 4.98 Å². The van der Waals surface area contributed by atoms with Crippen molar-refractivity contribution in [1.82, 2.24) is 30.3 Å². The molecule has 0 spiro atoms. The van der Waals surface area contributed by atoms with Crippen LogP contribution < -0.4 is 5.32 Å². The SMILES string of the molecule is CC(NC(=O)c1ccc2nnnn2c1)c1nc2c(s1)CCCC2. The number of nitrogens with one attached hydrogen (secondary N) is 1. The number of carbonyl (C=O) groups is 1. The molecule has 1 amide bonds. The van der Waals surface area contributed by atoms with Crippen LogP contribution in [0.5, 0.6) is 0 Å². The monoisotopic (exact) mass is 328 g/mol. The highest BCUT2D eigenvalue weighted by Gasteiger charge is 2.20. The minimum absolute atomic E-state index is 0.109. The van der Waals surface area contributed by atoms with Gasteiger partial charge in [-0.3, -0.25) is 4.79 Å². The van der Waals surface area contributed by atoms with Gasteiger partial charge < -0.3 is 5.32 Å².